The van der Waals surface area contributed by atoms with Gasteiger partial charge in [-0.05, 0) is 72.5 Å². The van der Waals surface area contributed by atoms with Crippen molar-refractivity contribution in [3.8, 4) is 0 Å². The predicted octanol–water partition coefficient (Wildman–Crippen LogP) is 1.57. The molecule has 2 aromatic heterocycles. The molecule has 1 aromatic carbocycles. The Labute approximate surface area is 216 Å². The second-order valence-corrected chi connectivity index (χ2v) is 11.8. The molecule has 12 heteroatoms. The minimum Gasteiger partial charge on any atom is -0.463 e. The van der Waals surface area contributed by atoms with Crippen molar-refractivity contribution in [3.63, 3.8) is 0 Å². The van der Waals surface area contributed by atoms with E-state index in [0.717, 1.165) is 29.7 Å². The van der Waals surface area contributed by atoms with Crippen LogP contribution in [0.1, 0.15) is 25.3 Å². The first-order valence-corrected chi connectivity index (χ1v) is 14.5. The second kappa shape index (κ2) is 11.3. The molecule has 0 spiro atoms. The summed E-state index contributed by atoms with van der Waals surface area (Å²) in [5, 5.41) is 6.46. The lowest BCUT2D eigenvalue weighted by Crippen LogP contribution is -2.36. The highest BCUT2D eigenvalue weighted by atomic mass is 32.2. The molecule has 3 heterocycles. The quantitative estimate of drug-likeness (QED) is 0.428. The number of thiophene rings is 1. The summed E-state index contributed by atoms with van der Waals surface area (Å²) in [7, 11) is -3.55. The van der Waals surface area contributed by atoms with Gasteiger partial charge in [0.25, 0.3) is 5.56 Å². The van der Waals surface area contributed by atoms with Gasteiger partial charge in [0.1, 0.15) is 11.2 Å². The lowest BCUT2D eigenvalue weighted by atomic mass is 10.3. The summed E-state index contributed by atoms with van der Waals surface area (Å²) in [6.45, 7) is 2.55. The first-order chi connectivity index (χ1) is 17.3. The van der Waals surface area contributed by atoms with Crippen LogP contribution in [0.15, 0.2) is 50.8 Å². The first kappa shape index (κ1) is 26.0. The molecule has 0 saturated carbocycles. The summed E-state index contributed by atoms with van der Waals surface area (Å²) in [4.78, 5) is 38.0. The summed E-state index contributed by atoms with van der Waals surface area (Å²) >= 11 is 2.59. The van der Waals surface area contributed by atoms with Crippen LogP contribution in [0.25, 0.3) is 12.2 Å². The maximum Gasteiger partial charge on any atom is 0.333 e. The van der Waals surface area contributed by atoms with Gasteiger partial charge in [-0.15, -0.1) is 11.3 Å². The zero-order valence-electron chi connectivity index (χ0n) is 19.5. The van der Waals surface area contributed by atoms with Gasteiger partial charge in [-0.1, -0.05) is 0 Å². The fourth-order valence-corrected chi connectivity index (χ4v) is 6.88. The molecule has 9 nitrogen and oxygen atoms in total. The molecule has 1 N–H and O–H groups in total. The second-order valence-electron chi connectivity index (χ2n) is 7.98. The highest BCUT2D eigenvalue weighted by molar-refractivity contribution is 7.89. The SMILES string of the molecule is CCOC(=O)/C=c1/s/c(=C\c2ccsc2)c(=O)n1CC(=O)Nc1ccc(S(=O)(=O)N2CCCC2)cc1. The Morgan fingerprint density at radius 3 is 2.50 bits per heavy atom. The lowest BCUT2D eigenvalue weighted by molar-refractivity contribution is -0.135. The van der Waals surface area contributed by atoms with E-state index < -0.39 is 27.5 Å². The molecule has 1 amide bonds. The Balaban J connectivity index is 1.56. The Morgan fingerprint density at radius 2 is 1.86 bits per heavy atom. The molecule has 1 aliphatic rings. The van der Waals surface area contributed by atoms with Crippen LogP contribution in [0.5, 0.6) is 0 Å². The number of rotatable bonds is 8. The molecule has 0 radical (unpaired) electrons. The topological polar surface area (TPSA) is 115 Å². The van der Waals surface area contributed by atoms with E-state index >= 15 is 0 Å². The maximum absolute atomic E-state index is 13.0. The minimum atomic E-state index is -3.55. The zero-order valence-corrected chi connectivity index (χ0v) is 22.0. The Morgan fingerprint density at radius 1 is 1.14 bits per heavy atom. The van der Waals surface area contributed by atoms with Crippen LogP contribution in [-0.4, -0.2) is 48.9 Å². The number of hydrogen-bond acceptors (Lipinski definition) is 8. The first-order valence-electron chi connectivity index (χ1n) is 11.3. The van der Waals surface area contributed by atoms with E-state index in [-0.39, 0.29) is 18.0 Å². The minimum absolute atomic E-state index is 0.163. The zero-order chi connectivity index (χ0) is 25.7. The van der Waals surface area contributed by atoms with Crippen molar-refractivity contribution in [2.45, 2.75) is 31.2 Å². The van der Waals surface area contributed by atoms with Crippen molar-refractivity contribution in [2.24, 2.45) is 0 Å². The molecule has 4 rings (SSSR count). The number of sulfonamides is 1. The third kappa shape index (κ3) is 6.01. The molecular weight excluding hydrogens is 522 g/mol. The van der Waals surface area contributed by atoms with Crippen molar-refractivity contribution >= 4 is 62.4 Å². The number of aromatic nitrogens is 1. The summed E-state index contributed by atoms with van der Waals surface area (Å²) in [5.74, 6) is -1.10. The van der Waals surface area contributed by atoms with Gasteiger partial charge < -0.3 is 10.1 Å². The number of nitrogens with one attached hydrogen (secondary N) is 1. The number of nitrogens with zero attached hydrogens (tertiary/aromatic N) is 2. The van der Waals surface area contributed by atoms with Gasteiger partial charge in [0.15, 0.2) is 0 Å². The fraction of sp³-hybridized carbons (Fsp3) is 0.292. The smallest absolute Gasteiger partial charge is 0.333 e. The Kier molecular flexibility index (Phi) is 8.19. The monoisotopic (exact) mass is 547 g/mol. The van der Waals surface area contributed by atoms with Crippen LogP contribution in [0.3, 0.4) is 0 Å². The molecule has 190 valence electrons. The van der Waals surface area contributed by atoms with Crippen LogP contribution >= 0.6 is 22.7 Å². The third-order valence-corrected chi connectivity index (χ3v) is 9.12. The number of benzene rings is 1. The molecule has 1 fully saturated rings. The third-order valence-electron chi connectivity index (χ3n) is 5.45. The van der Waals surface area contributed by atoms with Crippen LogP contribution in [0.4, 0.5) is 5.69 Å². The van der Waals surface area contributed by atoms with Gasteiger partial charge in [0.05, 0.1) is 22.1 Å². The van der Waals surface area contributed by atoms with Gasteiger partial charge in [0, 0.05) is 18.8 Å². The van der Waals surface area contributed by atoms with Crippen LogP contribution in [0, 0.1) is 0 Å². The highest BCUT2D eigenvalue weighted by Crippen LogP contribution is 2.22. The molecule has 0 unspecified atom stereocenters. The molecule has 1 aliphatic heterocycles. The van der Waals surface area contributed by atoms with Crippen molar-refractivity contribution in [2.75, 3.05) is 25.0 Å². The number of amides is 1. The molecule has 0 atom stereocenters. The van der Waals surface area contributed by atoms with Gasteiger partial charge >= 0.3 is 5.97 Å². The van der Waals surface area contributed by atoms with Crippen molar-refractivity contribution < 1.29 is 22.7 Å². The van der Waals surface area contributed by atoms with Crippen LogP contribution in [-0.2, 0) is 30.9 Å². The largest absolute Gasteiger partial charge is 0.463 e. The molecule has 1 saturated heterocycles. The fourth-order valence-electron chi connectivity index (χ4n) is 3.72. The number of hydrogen-bond donors (Lipinski definition) is 1. The summed E-state index contributed by atoms with van der Waals surface area (Å²) in [6, 6.07) is 7.79. The summed E-state index contributed by atoms with van der Waals surface area (Å²) < 4.78 is 33.7. The van der Waals surface area contributed by atoms with Crippen LogP contribution < -0.4 is 20.1 Å². The average molecular weight is 548 g/mol. The van der Waals surface area contributed by atoms with Crippen molar-refractivity contribution in [1.29, 1.82) is 0 Å². The molecule has 36 heavy (non-hydrogen) atoms. The van der Waals surface area contributed by atoms with E-state index in [1.165, 1.54) is 50.6 Å². The summed E-state index contributed by atoms with van der Waals surface area (Å²) in [6.07, 6.45) is 4.60. The summed E-state index contributed by atoms with van der Waals surface area (Å²) in [5.41, 5.74) is 0.843. The highest BCUT2D eigenvalue weighted by Gasteiger charge is 2.27. The number of carbonyl (C=O) groups is 2. The van der Waals surface area contributed by atoms with Gasteiger partial charge in [-0.2, -0.15) is 15.6 Å². The maximum atomic E-state index is 13.0. The van der Waals surface area contributed by atoms with E-state index in [4.69, 9.17) is 4.74 Å². The van der Waals surface area contributed by atoms with E-state index in [9.17, 15) is 22.8 Å². The number of anilines is 1. The van der Waals surface area contributed by atoms with Gasteiger partial charge in [0.2, 0.25) is 15.9 Å². The van der Waals surface area contributed by atoms with E-state index in [1.54, 1.807) is 13.0 Å². The Bertz CT molecular complexity index is 1510. The van der Waals surface area contributed by atoms with E-state index in [0.29, 0.717) is 28.0 Å². The van der Waals surface area contributed by atoms with Crippen molar-refractivity contribution in [3.05, 3.63) is 66.2 Å². The molecule has 0 aliphatic carbocycles. The normalized spacial score (nSPS) is 15.4. The average Bonchev–Trinajstić information content (AvgIpc) is 3.60. The van der Waals surface area contributed by atoms with Crippen LogP contribution in [0.2, 0.25) is 0 Å². The molecule has 0 bridgehead atoms. The van der Waals surface area contributed by atoms with Crippen molar-refractivity contribution in [1.82, 2.24) is 8.87 Å². The predicted molar refractivity (Wildman–Crippen MR) is 140 cm³/mol. The lowest BCUT2D eigenvalue weighted by Gasteiger charge is -2.15. The van der Waals surface area contributed by atoms with E-state index in [1.807, 2.05) is 16.8 Å². The molecular formula is C24H25N3O6S3. The molecule has 3 aromatic rings. The number of carbonyl (C=O) groups excluding carboxylic acids is 2. The number of thiazole rings is 1. The Hall–Kier alpha value is -3.06. The standard InChI is InChI=1S/C24H25N3O6S3/c1-2-33-23(29)14-22-27(24(30)20(35-22)13-17-9-12-34-16-17)15-21(28)25-18-5-7-19(8-6-18)36(31,32)26-10-3-4-11-26/h5-9,12-14,16H,2-4,10-11,15H2,1H3,(H,25,28)/b20-13-,22-14+. The van der Waals surface area contributed by atoms with Gasteiger partial charge in [-0.25, -0.2) is 13.2 Å². The van der Waals surface area contributed by atoms with Gasteiger partial charge in [-0.3, -0.25) is 14.2 Å². The number of ether oxygens (including phenoxy) is 1. The van der Waals surface area contributed by atoms with E-state index in [2.05, 4.69) is 5.32 Å². The number of esters is 1.